The van der Waals surface area contributed by atoms with E-state index in [1.54, 1.807) is 0 Å². The number of hydrogen-bond acceptors (Lipinski definition) is 5. The smallest absolute Gasteiger partial charge is 0.228 e. The number of hydrogen-bond donors (Lipinski definition) is 1. The summed E-state index contributed by atoms with van der Waals surface area (Å²) < 4.78 is 0. The van der Waals surface area contributed by atoms with Crippen molar-refractivity contribution >= 4 is 11.8 Å². The van der Waals surface area contributed by atoms with Crippen LogP contribution in [0.4, 0.5) is 11.8 Å². The average Bonchev–Trinajstić information content (AvgIpc) is 3.13. The molecule has 1 N–H and O–H groups in total. The number of pyridine rings is 1. The minimum absolute atomic E-state index is 0.338. The third kappa shape index (κ3) is 3.89. The second-order valence-corrected chi connectivity index (χ2v) is 6.77. The van der Waals surface area contributed by atoms with Crippen LogP contribution >= 0.6 is 0 Å². The highest BCUT2D eigenvalue weighted by atomic mass is 15.2. The largest absolute Gasteiger partial charge is 0.309 e. The third-order valence-corrected chi connectivity index (χ3v) is 4.76. The van der Waals surface area contributed by atoms with Crippen LogP contribution < -0.4 is 5.32 Å². The van der Waals surface area contributed by atoms with Crippen LogP contribution in [0.3, 0.4) is 0 Å². The highest BCUT2D eigenvalue weighted by Gasteiger charge is 2.27. The molecule has 0 bridgehead atoms. The van der Waals surface area contributed by atoms with Gasteiger partial charge in [0.25, 0.3) is 0 Å². The van der Waals surface area contributed by atoms with Gasteiger partial charge >= 0.3 is 0 Å². The molecular formula is C21H23N5. The van der Waals surface area contributed by atoms with Crippen LogP contribution in [0.5, 0.6) is 0 Å². The first-order valence-corrected chi connectivity index (χ1v) is 9.08. The first kappa shape index (κ1) is 16.7. The number of likely N-dealkylation sites (tertiary alicyclic amines) is 1. The van der Waals surface area contributed by atoms with Gasteiger partial charge in [-0.05, 0) is 49.6 Å². The lowest BCUT2D eigenvalue weighted by molar-refractivity contribution is 0.244. The summed E-state index contributed by atoms with van der Waals surface area (Å²) in [5.41, 5.74) is 3.55. The number of nitrogens with zero attached hydrogens (tertiary/aromatic N) is 4. The molecule has 5 nitrogen and oxygen atoms in total. The highest BCUT2D eigenvalue weighted by molar-refractivity contribution is 5.47. The molecule has 1 fully saturated rings. The molecule has 4 rings (SSSR count). The SMILES string of the molecule is Cc1ccc(Nc2nccc([C@@H]3CCCN3Cc3ccccc3)n2)nc1. The van der Waals surface area contributed by atoms with E-state index in [1.807, 2.05) is 37.5 Å². The molecule has 5 heteroatoms. The molecule has 3 heterocycles. The van der Waals surface area contributed by atoms with Gasteiger partial charge < -0.3 is 5.32 Å². The summed E-state index contributed by atoms with van der Waals surface area (Å²) in [7, 11) is 0. The van der Waals surface area contributed by atoms with Crippen molar-refractivity contribution in [3.8, 4) is 0 Å². The summed E-state index contributed by atoms with van der Waals surface area (Å²) in [6.07, 6.45) is 6.00. The van der Waals surface area contributed by atoms with Gasteiger partial charge in [-0.3, -0.25) is 4.90 Å². The fourth-order valence-electron chi connectivity index (χ4n) is 3.44. The summed E-state index contributed by atoms with van der Waals surface area (Å²) in [6.45, 7) is 4.08. The molecule has 2 aromatic heterocycles. The highest BCUT2D eigenvalue weighted by Crippen LogP contribution is 2.32. The second-order valence-electron chi connectivity index (χ2n) is 6.77. The number of rotatable bonds is 5. The van der Waals surface area contributed by atoms with E-state index in [0.29, 0.717) is 12.0 Å². The van der Waals surface area contributed by atoms with E-state index in [2.05, 4.69) is 50.5 Å². The molecule has 26 heavy (non-hydrogen) atoms. The van der Waals surface area contributed by atoms with E-state index < -0.39 is 0 Å². The molecular weight excluding hydrogens is 322 g/mol. The Kier molecular flexibility index (Phi) is 4.88. The van der Waals surface area contributed by atoms with Gasteiger partial charge in [0.2, 0.25) is 5.95 Å². The Morgan fingerprint density at radius 1 is 1.08 bits per heavy atom. The quantitative estimate of drug-likeness (QED) is 0.749. The molecule has 1 aromatic carbocycles. The van der Waals surface area contributed by atoms with Crippen LogP contribution in [0.15, 0.2) is 60.9 Å². The van der Waals surface area contributed by atoms with Crippen molar-refractivity contribution in [1.82, 2.24) is 19.9 Å². The van der Waals surface area contributed by atoms with Gasteiger partial charge in [0, 0.05) is 18.9 Å². The minimum atomic E-state index is 0.338. The summed E-state index contributed by atoms with van der Waals surface area (Å²) in [5, 5.41) is 3.21. The van der Waals surface area contributed by atoms with Crippen molar-refractivity contribution in [3.05, 3.63) is 77.7 Å². The van der Waals surface area contributed by atoms with Crippen LogP contribution in [0.25, 0.3) is 0 Å². The van der Waals surface area contributed by atoms with Crippen molar-refractivity contribution in [1.29, 1.82) is 0 Å². The van der Waals surface area contributed by atoms with Gasteiger partial charge in [0.05, 0.1) is 11.7 Å². The van der Waals surface area contributed by atoms with E-state index >= 15 is 0 Å². The predicted octanol–water partition coefficient (Wildman–Crippen LogP) is 4.26. The van der Waals surface area contributed by atoms with Crippen LogP contribution in [0.2, 0.25) is 0 Å². The summed E-state index contributed by atoms with van der Waals surface area (Å²) >= 11 is 0. The standard InChI is InChI=1S/C21H23N5/c1-16-9-10-20(23-14-16)25-21-22-12-11-18(24-21)19-8-5-13-26(19)15-17-6-3-2-4-7-17/h2-4,6-7,9-12,14,19H,5,8,13,15H2,1H3,(H,22,23,24,25)/t19-/m0/s1. The van der Waals surface area contributed by atoms with Crippen LogP contribution in [-0.2, 0) is 6.54 Å². The van der Waals surface area contributed by atoms with E-state index in [9.17, 15) is 0 Å². The fraction of sp³-hybridized carbons (Fsp3) is 0.286. The van der Waals surface area contributed by atoms with E-state index in [0.717, 1.165) is 36.6 Å². The summed E-state index contributed by atoms with van der Waals surface area (Å²) in [5.74, 6) is 1.37. The molecule has 1 aliphatic rings. The Hall–Kier alpha value is -2.79. The molecule has 0 saturated carbocycles. The molecule has 1 aliphatic heterocycles. The van der Waals surface area contributed by atoms with Crippen LogP contribution in [0, 0.1) is 6.92 Å². The number of aryl methyl sites for hydroxylation is 1. The van der Waals surface area contributed by atoms with Gasteiger partial charge in [0.15, 0.2) is 0 Å². The van der Waals surface area contributed by atoms with E-state index in [1.165, 1.54) is 12.0 Å². The molecule has 0 radical (unpaired) electrons. The molecule has 1 atom stereocenters. The molecule has 0 unspecified atom stereocenters. The minimum Gasteiger partial charge on any atom is -0.309 e. The Labute approximate surface area is 154 Å². The maximum atomic E-state index is 4.76. The first-order chi connectivity index (χ1) is 12.8. The van der Waals surface area contributed by atoms with Crippen molar-refractivity contribution < 1.29 is 0 Å². The molecule has 0 aliphatic carbocycles. The topological polar surface area (TPSA) is 53.9 Å². The van der Waals surface area contributed by atoms with E-state index in [-0.39, 0.29) is 0 Å². The van der Waals surface area contributed by atoms with Crippen molar-refractivity contribution in [2.24, 2.45) is 0 Å². The Balaban J connectivity index is 1.50. The lowest BCUT2D eigenvalue weighted by atomic mass is 10.1. The zero-order valence-corrected chi connectivity index (χ0v) is 15.0. The number of anilines is 2. The van der Waals surface area contributed by atoms with Crippen molar-refractivity contribution in [2.45, 2.75) is 32.4 Å². The Bertz CT molecular complexity index is 848. The number of benzene rings is 1. The van der Waals surface area contributed by atoms with Gasteiger partial charge in [-0.2, -0.15) is 0 Å². The van der Waals surface area contributed by atoms with Gasteiger partial charge in [0.1, 0.15) is 5.82 Å². The van der Waals surface area contributed by atoms with Crippen LogP contribution in [-0.4, -0.2) is 26.4 Å². The van der Waals surface area contributed by atoms with Gasteiger partial charge in [-0.25, -0.2) is 15.0 Å². The van der Waals surface area contributed by atoms with Crippen molar-refractivity contribution in [2.75, 3.05) is 11.9 Å². The molecule has 132 valence electrons. The summed E-state index contributed by atoms with van der Waals surface area (Å²) in [4.78, 5) is 16.0. The summed E-state index contributed by atoms with van der Waals surface area (Å²) in [6, 6.07) is 17.0. The zero-order valence-electron chi connectivity index (χ0n) is 15.0. The van der Waals surface area contributed by atoms with Crippen LogP contribution in [0.1, 0.15) is 35.7 Å². The normalized spacial score (nSPS) is 17.3. The van der Waals surface area contributed by atoms with Gasteiger partial charge in [-0.15, -0.1) is 0 Å². The predicted molar refractivity (Wildman–Crippen MR) is 103 cm³/mol. The lowest BCUT2D eigenvalue weighted by Crippen LogP contribution is -2.23. The fourth-order valence-corrected chi connectivity index (χ4v) is 3.44. The molecule has 3 aromatic rings. The monoisotopic (exact) mass is 345 g/mol. The van der Waals surface area contributed by atoms with Crippen molar-refractivity contribution in [3.63, 3.8) is 0 Å². The zero-order chi connectivity index (χ0) is 17.8. The third-order valence-electron chi connectivity index (χ3n) is 4.76. The lowest BCUT2D eigenvalue weighted by Gasteiger charge is -2.24. The number of nitrogens with one attached hydrogen (secondary N) is 1. The molecule has 1 saturated heterocycles. The average molecular weight is 345 g/mol. The second kappa shape index (κ2) is 7.62. The number of aromatic nitrogens is 3. The van der Waals surface area contributed by atoms with E-state index in [4.69, 9.17) is 4.98 Å². The maximum absolute atomic E-state index is 4.76. The molecule has 0 spiro atoms. The molecule has 0 amide bonds. The van der Waals surface area contributed by atoms with Gasteiger partial charge in [-0.1, -0.05) is 36.4 Å². The Morgan fingerprint density at radius 3 is 2.77 bits per heavy atom. The maximum Gasteiger partial charge on any atom is 0.228 e. The Morgan fingerprint density at radius 2 is 1.96 bits per heavy atom. The first-order valence-electron chi connectivity index (χ1n) is 9.08.